The summed E-state index contributed by atoms with van der Waals surface area (Å²) in [7, 11) is 0. The fraction of sp³-hybridized carbons (Fsp3) is 0.174. The first-order valence-corrected chi connectivity index (χ1v) is 10.2. The van der Waals surface area contributed by atoms with Crippen molar-refractivity contribution in [2.45, 2.75) is 20.0 Å². The largest absolute Gasteiger partial charge is 0.489 e. The number of carbonyl (C=O) groups excluding carboxylic acids is 3. The Hall–Kier alpha value is -3.78. The molecule has 166 valence electrons. The smallest absolute Gasteiger partial charge is 0.286 e. The molecule has 9 heteroatoms. The molecule has 8 nitrogen and oxygen atoms in total. The highest BCUT2D eigenvalue weighted by Crippen LogP contribution is 2.21. The van der Waals surface area contributed by atoms with Crippen LogP contribution in [0, 0.1) is 6.92 Å². The van der Waals surface area contributed by atoms with Gasteiger partial charge in [-0.05, 0) is 60.5 Å². The normalized spacial score (nSPS) is 10.3. The average molecular weight is 456 g/mol. The molecule has 0 aliphatic heterocycles. The summed E-state index contributed by atoms with van der Waals surface area (Å²) in [6, 6.07) is 15.3. The van der Waals surface area contributed by atoms with Gasteiger partial charge in [0.05, 0.1) is 6.26 Å². The monoisotopic (exact) mass is 455 g/mol. The van der Waals surface area contributed by atoms with Crippen LogP contribution in [0.1, 0.15) is 38.5 Å². The van der Waals surface area contributed by atoms with Crippen molar-refractivity contribution >= 4 is 29.3 Å². The van der Waals surface area contributed by atoms with E-state index in [1.165, 1.54) is 12.3 Å². The second kappa shape index (κ2) is 11.0. The lowest BCUT2D eigenvalue weighted by Gasteiger charge is -2.10. The van der Waals surface area contributed by atoms with Crippen LogP contribution in [0.5, 0.6) is 5.75 Å². The number of hydrogen-bond acceptors (Lipinski definition) is 5. The van der Waals surface area contributed by atoms with Crippen molar-refractivity contribution in [1.82, 2.24) is 16.2 Å². The minimum Gasteiger partial charge on any atom is -0.489 e. The lowest BCUT2D eigenvalue weighted by atomic mass is 10.1. The Labute approximate surface area is 189 Å². The molecule has 0 unspecified atom stereocenters. The second-order valence-corrected chi connectivity index (χ2v) is 7.29. The summed E-state index contributed by atoms with van der Waals surface area (Å²) in [4.78, 5) is 35.7. The molecule has 3 aromatic rings. The van der Waals surface area contributed by atoms with Gasteiger partial charge in [-0.2, -0.15) is 0 Å². The van der Waals surface area contributed by atoms with Gasteiger partial charge >= 0.3 is 0 Å². The van der Waals surface area contributed by atoms with Gasteiger partial charge in [0.15, 0.2) is 5.76 Å². The first kappa shape index (κ1) is 22.9. The predicted molar refractivity (Wildman–Crippen MR) is 118 cm³/mol. The van der Waals surface area contributed by atoms with Crippen LogP contribution < -0.4 is 20.9 Å². The molecule has 1 aromatic heterocycles. The van der Waals surface area contributed by atoms with Gasteiger partial charge < -0.3 is 14.5 Å². The van der Waals surface area contributed by atoms with Crippen molar-refractivity contribution in [2.24, 2.45) is 0 Å². The van der Waals surface area contributed by atoms with E-state index >= 15 is 0 Å². The Morgan fingerprint density at radius 2 is 1.78 bits per heavy atom. The van der Waals surface area contributed by atoms with Gasteiger partial charge in [-0.3, -0.25) is 25.2 Å². The van der Waals surface area contributed by atoms with Gasteiger partial charge in [-0.15, -0.1) is 0 Å². The van der Waals surface area contributed by atoms with Crippen molar-refractivity contribution in [3.63, 3.8) is 0 Å². The van der Waals surface area contributed by atoms with E-state index in [0.717, 1.165) is 11.1 Å². The average Bonchev–Trinajstić information content (AvgIpc) is 3.34. The number of amides is 3. The third-order valence-corrected chi connectivity index (χ3v) is 4.87. The van der Waals surface area contributed by atoms with E-state index in [4.69, 9.17) is 20.8 Å². The quantitative estimate of drug-likeness (QED) is 0.451. The van der Waals surface area contributed by atoms with Crippen LogP contribution in [0.4, 0.5) is 0 Å². The van der Waals surface area contributed by atoms with Gasteiger partial charge in [-0.25, -0.2) is 0 Å². The van der Waals surface area contributed by atoms with Gasteiger partial charge in [-0.1, -0.05) is 23.7 Å². The van der Waals surface area contributed by atoms with Crippen LogP contribution in [-0.4, -0.2) is 24.3 Å². The highest BCUT2D eigenvalue weighted by molar-refractivity contribution is 6.31. The standard InChI is InChI=1S/C23H22ClN3O5/c1-15-13-18(8-9-19(15)24)32-14-16-4-6-17(7-5-16)22(29)27-26-21(28)10-11-25-23(30)20-3-2-12-31-20/h2-9,12-13H,10-11,14H2,1H3,(H,25,30)(H,26,28)(H,27,29). The van der Waals surface area contributed by atoms with Crippen LogP contribution in [-0.2, 0) is 11.4 Å². The summed E-state index contributed by atoms with van der Waals surface area (Å²) in [5.41, 5.74) is 6.84. The molecule has 0 saturated carbocycles. The van der Waals surface area contributed by atoms with E-state index in [1.807, 2.05) is 13.0 Å². The van der Waals surface area contributed by atoms with Crippen LogP contribution in [0.2, 0.25) is 5.02 Å². The minimum absolute atomic E-state index is 0.00677. The summed E-state index contributed by atoms with van der Waals surface area (Å²) >= 11 is 6.01. The molecule has 1 heterocycles. The Morgan fingerprint density at radius 3 is 2.47 bits per heavy atom. The van der Waals surface area contributed by atoms with Crippen molar-refractivity contribution in [2.75, 3.05) is 6.54 Å². The molecule has 0 bridgehead atoms. The summed E-state index contributed by atoms with van der Waals surface area (Å²) in [5.74, 6) is -0.449. The third-order valence-electron chi connectivity index (χ3n) is 4.45. The van der Waals surface area contributed by atoms with Crippen LogP contribution >= 0.6 is 11.6 Å². The maximum absolute atomic E-state index is 12.2. The molecule has 0 aliphatic carbocycles. The Balaban J connectivity index is 1.38. The molecule has 3 rings (SSSR count). The highest BCUT2D eigenvalue weighted by Gasteiger charge is 2.10. The molecule has 3 amide bonds. The number of halogens is 1. The number of benzene rings is 2. The van der Waals surface area contributed by atoms with Gasteiger partial charge in [0.2, 0.25) is 5.91 Å². The number of nitrogens with one attached hydrogen (secondary N) is 3. The van der Waals surface area contributed by atoms with E-state index in [1.54, 1.807) is 42.5 Å². The minimum atomic E-state index is -0.459. The second-order valence-electron chi connectivity index (χ2n) is 6.88. The topological polar surface area (TPSA) is 110 Å². The molecule has 3 N–H and O–H groups in total. The van der Waals surface area contributed by atoms with Crippen molar-refractivity contribution in [1.29, 1.82) is 0 Å². The van der Waals surface area contributed by atoms with E-state index in [0.29, 0.717) is 22.9 Å². The molecule has 2 aromatic carbocycles. The van der Waals surface area contributed by atoms with E-state index < -0.39 is 17.7 Å². The number of hydrazine groups is 1. The summed E-state index contributed by atoms with van der Waals surface area (Å²) in [5, 5.41) is 3.23. The molecule has 0 aliphatic rings. The Bertz CT molecular complexity index is 1080. The molecule has 0 atom stereocenters. The Morgan fingerprint density at radius 1 is 1.00 bits per heavy atom. The zero-order valence-corrected chi connectivity index (χ0v) is 18.1. The summed E-state index contributed by atoms with van der Waals surface area (Å²) in [6.07, 6.45) is 1.38. The van der Waals surface area contributed by atoms with Crippen LogP contribution in [0.3, 0.4) is 0 Å². The fourth-order valence-corrected chi connectivity index (χ4v) is 2.79. The maximum Gasteiger partial charge on any atom is 0.286 e. The van der Waals surface area contributed by atoms with Crippen molar-refractivity contribution in [3.8, 4) is 5.75 Å². The molecule has 0 radical (unpaired) electrons. The number of aryl methyl sites for hydroxylation is 1. The molecule has 0 saturated heterocycles. The number of hydrogen-bond donors (Lipinski definition) is 3. The molecule has 0 fully saturated rings. The summed E-state index contributed by atoms with van der Waals surface area (Å²) in [6.45, 7) is 2.34. The van der Waals surface area contributed by atoms with Gasteiger partial charge in [0.1, 0.15) is 12.4 Å². The lowest BCUT2D eigenvalue weighted by molar-refractivity contribution is -0.121. The Kier molecular flexibility index (Phi) is 7.88. The molecular weight excluding hydrogens is 434 g/mol. The number of furan rings is 1. The van der Waals surface area contributed by atoms with Crippen molar-refractivity contribution in [3.05, 3.63) is 88.3 Å². The van der Waals surface area contributed by atoms with E-state index in [-0.39, 0.29) is 18.7 Å². The fourth-order valence-electron chi connectivity index (χ4n) is 2.67. The zero-order valence-electron chi connectivity index (χ0n) is 17.3. The van der Waals surface area contributed by atoms with Crippen LogP contribution in [0.25, 0.3) is 0 Å². The number of carbonyl (C=O) groups is 3. The first-order valence-electron chi connectivity index (χ1n) is 9.81. The van der Waals surface area contributed by atoms with E-state index in [2.05, 4.69) is 16.2 Å². The van der Waals surface area contributed by atoms with Crippen LogP contribution in [0.15, 0.2) is 65.3 Å². The zero-order chi connectivity index (χ0) is 22.9. The van der Waals surface area contributed by atoms with E-state index in [9.17, 15) is 14.4 Å². The molecular formula is C23H22ClN3O5. The predicted octanol–water partition coefficient (Wildman–Crippen LogP) is 3.40. The number of ether oxygens (including phenoxy) is 1. The SMILES string of the molecule is Cc1cc(OCc2ccc(C(=O)NNC(=O)CCNC(=O)c3ccco3)cc2)ccc1Cl. The summed E-state index contributed by atoms with van der Waals surface area (Å²) < 4.78 is 10.7. The van der Waals surface area contributed by atoms with Crippen molar-refractivity contribution < 1.29 is 23.5 Å². The molecule has 0 spiro atoms. The van der Waals surface area contributed by atoms with Gasteiger partial charge in [0.25, 0.3) is 11.8 Å². The molecule has 32 heavy (non-hydrogen) atoms. The lowest BCUT2D eigenvalue weighted by Crippen LogP contribution is -2.42. The number of rotatable bonds is 8. The van der Waals surface area contributed by atoms with Gasteiger partial charge in [0, 0.05) is 23.6 Å². The third kappa shape index (κ3) is 6.61. The maximum atomic E-state index is 12.2. The first-order chi connectivity index (χ1) is 15.4. The highest BCUT2D eigenvalue weighted by atomic mass is 35.5.